The second kappa shape index (κ2) is 4.89. The fraction of sp³-hybridized carbons (Fsp3) is 0.923. The molecule has 1 saturated carbocycles. The number of hydrogen-bond donors (Lipinski definition) is 1. The zero-order chi connectivity index (χ0) is 14.3. The standard InChI is InChI=1S/C13H22F2N2O2/c1-12(2,3)19-11(18)17(9-4-5-16-8-9)10-6-13(14,15)7-10/h9-10,16H,4-8H2,1-3H3/t9-/m0/s1. The van der Waals surface area contributed by atoms with E-state index in [0.29, 0.717) is 6.54 Å². The molecule has 1 atom stereocenters. The van der Waals surface area contributed by atoms with Crippen molar-refractivity contribution in [2.24, 2.45) is 0 Å². The van der Waals surface area contributed by atoms with Gasteiger partial charge in [0.05, 0.1) is 0 Å². The Kier molecular flexibility index (Phi) is 3.73. The fourth-order valence-electron chi connectivity index (χ4n) is 2.61. The molecular formula is C13H22F2N2O2. The van der Waals surface area contributed by atoms with E-state index in [2.05, 4.69) is 5.32 Å². The minimum atomic E-state index is -2.63. The predicted octanol–water partition coefficient (Wildman–Crippen LogP) is 2.38. The summed E-state index contributed by atoms with van der Waals surface area (Å²) in [6, 6.07) is -0.425. The van der Waals surface area contributed by atoms with Crippen LogP contribution in [-0.4, -0.2) is 47.7 Å². The van der Waals surface area contributed by atoms with E-state index in [-0.39, 0.29) is 18.9 Å². The van der Waals surface area contributed by atoms with Crippen LogP contribution in [0.1, 0.15) is 40.0 Å². The molecule has 1 saturated heterocycles. The average molecular weight is 276 g/mol. The third-order valence-corrected chi connectivity index (χ3v) is 3.49. The zero-order valence-corrected chi connectivity index (χ0v) is 11.7. The molecule has 0 bridgehead atoms. The molecule has 1 heterocycles. The summed E-state index contributed by atoms with van der Waals surface area (Å²) in [6.45, 7) is 6.82. The van der Waals surface area contributed by atoms with Crippen molar-refractivity contribution in [2.75, 3.05) is 13.1 Å². The van der Waals surface area contributed by atoms with Gasteiger partial charge in [-0.2, -0.15) is 0 Å². The van der Waals surface area contributed by atoms with Gasteiger partial charge >= 0.3 is 6.09 Å². The second-order valence-electron chi connectivity index (χ2n) is 6.45. The van der Waals surface area contributed by atoms with Crippen LogP contribution in [0.15, 0.2) is 0 Å². The second-order valence-corrected chi connectivity index (χ2v) is 6.45. The topological polar surface area (TPSA) is 41.6 Å². The lowest BCUT2D eigenvalue weighted by Crippen LogP contribution is -2.58. The Morgan fingerprint density at radius 2 is 1.95 bits per heavy atom. The summed E-state index contributed by atoms with van der Waals surface area (Å²) < 4.78 is 31.4. The Bertz CT molecular complexity index is 341. The monoisotopic (exact) mass is 276 g/mol. The van der Waals surface area contributed by atoms with Gasteiger partial charge in [0.25, 0.3) is 5.92 Å². The summed E-state index contributed by atoms with van der Waals surface area (Å²) in [5, 5.41) is 3.16. The number of alkyl halides is 2. The Hall–Kier alpha value is -0.910. The van der Waals surface area contributed by atoms with Gasteiger partial charge in [-0.1, -0.05) is 0 Å². The van der Waals surface area contributed by atoms with E-state index in [0.717, 1.165) is 13.0 Å². The zero-order valence-electron chi connectivity index (χ0n) is 11.7. The Morgan fingerprint density at radius 1 is 1.32 bits per heavy atom. The number of ether oxygens (including phenoxy) is 1. The van der Waals surface area contributed by atoms with Crippen molar-refractivity contribution in [1.82, 2.24) is 10.2 Å². The van der Waals surface area contributed by atoms with Crippen LogP contribution >= 0.6 is 0 Å². The van der Waals surface area contributed by atoms with E-state index in [1.807, 2.05) is 0 Å². The molecule has 0 aromatic heterocycles. The molecule has 2 rings (SSSR count). The molecule has 0 unspecified atom stereocenters. The van der Waals surface area contributed by atoms with E-state index < -0.39 is 23.7 Å². The van der Waals surface area contributed by atoms with Crippen molar-refractivity contribution in [3.63, 3.8) is 0 Å². The largest absolute Gasteiger partial charge is 0.444 e. The minimum Gasteiger partial charge on any atom is -0.444 e. The van der Waals surface area contributed by atoms with Gasteiger partial charge in [0, 0.05) is 31.5 Å². The molecule has 2 aliphatic rings. The first-order valence-electron chi connectivity index (χ1n) is 6.78. The van der Waals surface area contributed by atoms with Gasteiger partial charge in [-0.25, -0.2) is 13.6 Å². The van der Waals surface area contributed by atoms with Crippen molar-refractivity contribution in [2.45, 2.75) is 63.6 Å². The van der Waals surface area contributed by atoms with Gasteiger partial charge in [-0.3, -0.25) is 0 Å². The van der Waals surface area contributed by atoms with Crippen LogP contribution in [0.25, 0.3) is 0 Å². The molecule has 0 radical (unpaired) electrons. The van der Waals surface area contributed by atoms with Crippen molar-refractivity contribution in [3.05, 3.63) is 0 Å². The first kappa shape index (κ1) is 14.5. The van der Waals surface area contributed by atoms with E-state index in [1.54, 1.807) is 20.8 Å². The van der Waals surface area contributed by atoms with Crippen molar-refractivity contribution < 1.29 is 18.3 Å². The Balaban J connectivity index is 2.04. The van der Waals surface area contributed by atoms with E-state index in [4.69, 9.17) is 4.74 Å². The van der Waals surface area contributed by atoms with Gasteiger partial charge < -0.3 is 15.0 Å². The van der Waals surface area contributed by atoms with Crippen molar-refractivity contribution in [3.8, 4) is 0 Å². The molecule has 1 N–H and O–H groups in total. The van der Waals surface area contributed by atoms with Crippen LogP contribution in [0.2, 0.25) is 0 Å². The molecule has 0 aromatic rings. The molecule has 1 aliphatic heterocycles. The molecule has 0 spiro atoms. The van der Waals surface area contributed by atoms with E-state index >= 15 is 0 Å². The number of nitrogens with zero attached hydrogens (tertiary/aromatic N) is 1. The molecule has 19 heavy (non-hydrogen) atoms. The summed E-state index contributed by atoms with van der Waals surface area (Å²) in [5.74, 6) is -2.63. The first-order chi connectivity index (χ1) is 8.68. The summed E-state index contributed by atoms with van der Waals surface area (Å²) in [4.78, 5) is 13.8. The molecule has 2 fully saturated rings. The lowest BCUT2D eigenvalue weighted by molar-refractivity contribution is -0.128. The number of carbonyl (C=O) groups is 1. The van der Waals surface area contributed by atoms with Crippen LogP contribution in [0.5, 0.6) is 0 Å². The van der Waals surface area contributed by atoms with Crippen LogP contribution in [-0.2, 0) is 4.74 Å². The SMILES string of the molecule is CC(C)(C)OC(=O)N(C1CC(F)(F)C1)[C@H]1CCNC1. The van der Waals surface area contributed by atoms with Gasteiger partial charge in [0.2, 0.25) is 0 Å². The lowest BCUT2D eigenvalue weighted by Gasteiger charge is -2.45. The van der Waals surface area contributed by atoms with Gasteiger partial charge in [-0.05, 0) is 33.7 Å². The maximum absolute atomic E-state index is 13.0. The first-order valence-corrected chi connectivity index (χ1v) is 6.78. The van der Waals surface area contributed by atoms with Crippen LogP contribution in [0, 0.1) is 0 Å². The van der Waals surface area contributed by atoms with Gasteiger partial charge in [0.1, 0.15) is 5.60 Å². The molecule has 110 valence electrons. The third-order valence-electron chi connectivity index (χ3n) is 3.49. The van der Waals surface area contributed by atoms with Crippen molar-refractivity contribution in [1.29, 1.82) is 0 Å². The number of nitrogens with one attached hydrogen (secondary N) is 1. The smallest absolute Gasteiger partial charge is 0.410 e. The lowest BCUT2D eigenvalue weighted by atomic mass is 9.86. The molecule has 6 heteroatoms. The third kappa shape index (κ3) is 3.55. The fourth-order valence-corrected chi connectivity index (χ4v) is 2.61. The van der Waals surface area contributed by atoms with E-state index in [9.17, 15) is 13.6 Å². The highest BCUT2D eigenvalue weighted by molar-refractivity contribution is 5.69. The van der Waals surface area contributed by atoms with Crippen LogP contribution in [0.4, 0.5) is 13.6 Å². The average Bonchev–Trinajstić information content (AvgIpc) is 2.65. The summed E-state index contributed by atoms with van der Waals surface area (Å²) >= 11 is 0. The quantitative estimate of drug-likeness (QED) is 0.842. The number of rotatable bonds is 2. The minimum absolute atomic E-state index is 0.0315. The number of amides is 1. The molecule has 1 amide bonds. The van der Waals surface area contributed by atoms with Crippen LogP contribution in [0.3, 0.4) is 0 Å². The number of halogens is 2. The van der Waals surface area contributed by atoms with Gasteiger partial charge in [-0.15, -0.1) is 0 Å². The molecule has 1 aliphatic carbocycles. The number of hydrogen-bond acceptors (Lipinski definition) is 3. The number of carbonyl (C=O) groups excluding carboxylic acids is 1. The highest BCUT2D eigenvalue weighted by Gasteiger charge is 2.51. The van der Waals surface area contributed by atoms with E-state index in [1.165, 1.54) is 4.90 Å². The molecular weight excluding hydrogens is 254 g/mol. The normalized spacial score (nSPS) is 26.9. The molecule has 0 aromatic carbocycles. The summed E-state index contributed by atoms with van der Waals surface area (Å²) in [5.41, 5.74) is -0.604. The highest BCUT2D eigenvalue weighted by Crippen LogP contribution is 2.42. The highest BCUT2D eigenvalue weighted by atomic mass is 19.3. The van der Waals surface area contributed by atoms with Crippen molar-refractivity contribution >= 4 is 6.09 Å². The maximum Gasteiger partial charge on any atom is 0.410 e. The Labute approximate surface area is 112 Å². The van der Waals surface area contributed by atoms with Gasteiger partial charge in [0.15, 0.2) is 0 Å². The van der Waals surface area contributed by atoms with Crippen LogP contribution < -0.4 is 5.32 Å². The maximum atomic E-state index is 13.0. The molecule has 4 nitrogen and oxygen atoms in total. The summed E-state index contributed by atoms with van der Waals surface area (Å²) in [6.07, 6.45) is -0.172. The summed E-state index contributed by atoms with van der Waals surface area (Å²) in [7, 11) is 0. The Morgan fingerprint density at radius 3 is 2.37 bits per heavy atom. The predicted molar refractivity (Wildman–Crippen MR) is 67.3 cm³/mol.